The fourth-order valence-corrected chi connectivity index (χ4v) is 4.86. The van der Waals surface area contributed by atoms with Crippen molar-refractivity contribution >= 4 is 10.0 Å². The van der Waals surface area contributed by atoms with Gasteiger partial charge in [-0.2, -0.15) is 0 Å². The zero-order valence-corrected chi connectivity index (χ0v) is 14.8. The van der Waals surface area contributed by atoms with Crippen molar-refractivity contribution in [2.75, 3.05) is 12.4 Å². The second-order valence-electron chi connectivity index (χ2n) is 7.00. The molecule has 0 saturated heterocycles. The molecule has 0 unspecified atom stereocenters. The van der Waals surface area contributed by atoms with E-state index < -0.39 is 10.0 Å². The maximum Gasteiger partial charge on any atom is 0.209 e. The first-order chi connectivity index (χ1) is 9.80. The number of nitrogens with two attached hydrogens (primary N) is 1. The maximum absolute atomic E-state index is 11.6. The van der Waals surface area contributed by atoms with Gasteiger partial charge >= 0.3 is 0 Å². The molecular weight excluding hydrogens is 286 g/mol. The fraction of sp³-hybridized carbons (Fsp3) is 1.00. The molecule has 0 heterocycles. The van der Waals surface area contributed by atoms with Crippen LogP contribution in [0.15, 0.2) is 0 Å². The fourth-order valence-electron chi connectivity index (χ4n) is 3.63. The third-order valence-electron chi connectivity index (χ3n) is 4.66. The molecule has 1 rings (SSSR count). The van der Waals surface area contributed by atoms with Crippen molar-refractivity contribution in [1.29, 1.82) is 0 Å². The van der Waals surface area contributed by atoms with E-state index >= 15 is 0 Å². The summed E-state index contributed by atoms with van der Waals surface area (Å²) in [6.45, 7) is 7.01. The predicted octanol–water partition coefficient (Wildman–Crippen LogP) is 3.46. The Balaban J connectivity index is 2.66. The lowest BCUT2D eigenvalue weighted by Crippen LogP contribution is -2.39. The van der Waals surface area contributed by atoms with Gasteiger partial charge in [0.2, 0.25) is 10.0 Å². The Morgan fingerprint density at radius 1 is 1.10 bits per heavy atom. The molecule has 4 nitrogen and oxygen atoms in total. The topological polar surface area (TPSA) is 69.4 Å². The number of rotatable bonds is 9. The molecule has 2 N–H and O–H groups in total. The molecular formula is C16H33NO3S. The van der Waals surface area contributed by atoms with Gasteiger partial charge < -0.3 is 4.74 Å². The summed E-state index contributed by atoms with van der Waals surface area (Å²) in [6, 6.07) is 0. The van der Waals surface area contributed by atoms with Gasteiger partial charge in [0.15, 0.2) is 0 Å². The Morgan fingerprint density at radius 3 is 2.05 bits per heavy atom. The number of hydrogen-bond acceptors (Lipinski definition) is 3. The van der Waals surface area contributed by atoms with Crippen molar-refractivity contribution in [1.82, 2.24) is 0 Å². The van der Waals surface area contributed by atoms with E-state index in [0.29, 0.717) is 12.7 Å². The number of hydrogen-bond donors (Lipinski definition) is 1. The smallest absolute Gasteiger partial charge is 0.209 e. The van der Waals surface area contributed by atoms with Gasteiger partial charge in [-0.1, -0.05) is 33.6 Å². The van der Waals surface area contributed by atoms with E-state index in [1.54, 1.807) is 0 Å². The molecule has 5 heteroatoms. The Hall–Kier alpha value is -0.130. The first kappa shape index (κ1) is 18.9. The minimum atomic E-state index is -3.47. The zero-order chi connectivity index (χ0) is 15.9. The van der Waals surface area contributed by atoms with Crippen LogP contribution < -0.4 is 5.14 Å². The van der Waals surface area contributed by atoms with Crippen molar-refractivity contribution in [2.24, 2.45) is 16.5 Å². The lowest BCUT2D eigenvalue weighted by atomic mass is 9.81. The standard InChI is InChI=1S/C16H33NO3S/c1-4-10-16(11-5-2,13-21(17,18)19)12-20-15-8-6-14(3)7-9-15/h14-15H,4-13H2,1-3H3,(H2,17,18,19). The lowest BCUT2D eigenvalue weighted by molar-refractivity contribution is -0.0301. The van der Waals surface area contributed by atoms with Gasteiger partial charge in [-0.25, -0.2) is 13.6 Å². The highest BCUT2D eigenvalue weighted by Gasteiger charge is 2.34. The molecule has 1 saturated carbocycles. The quantitative estimate of drug-likeness (QED) is 0.707. The van der Waals surface area contributed by atoms with Gasteiger partial charge in [-0.3, -0.25) is 0 Å². The molecule has 0 bridgehead atoms. The van der Waals surface area contributed by atoms with Crippen LogP contribution in [0.25, 0.3) is 0 Å². The second kappa shape index (κ2) is 8.49. The van der Waals surface area contributed by atoms with E-state index in [-0.39, 0.29) is 11.2 Å². The minimum Gasteiger partial charge on any atom is -0.378 e. The third kappa shape index (κ3) is 7.11. The molecule has 21 heavy (non-hydrogen) atoms. The van der Waals surface area contributed by atoms with E-state index in [9.17, 15) is 8.42 Å². The summed E-state index contributed by atoms with van der Waals surface area (Å²) in [4.78, 5) is 0. The average Bonchev–Trinajstić information content (AvgIpc) is 2.37. The minimum absolute atomic E-state index is 0.0464. The van der Waals surface area contributed by atoms with Crippen LogP contribution in [0, 0.1) is 11.3 Å². The summed E-state index contributed by atoms with van der Waals surface area (Å²) >= 11 is 0. The van der Waals surface area contributed by atoms with Gasteiger partial charge in [-0.05, 0) is 44.4 Å². The van der Waals surface area contributed by atoms with Crippen LogP contribution in [-0.2, 0) is 14.8 Å². The SMILES string of the molecule is CCCC(CCC)(COC1CCC(C)CC1)CS(N)(=O)=O. The summed E-state index contributed by atoms with van der Waals surface area (Å²) in [5.74, 6) is 0.843. The van der Waals surface area contributed by atoms with E-state index in [4.69, 9.17) is 9.88 Å². The van der Waals surface area contributed by atoms with Gasteiger partial charge in [0, 0.05) is 5.41 Å². The summed E-state index contributed by atoms with van der Waals surface area (Å²) in [5, 5.41) is 5.33. The van der Waals surface area contributed by atoms with Crippen LogP contribution in [0.2, 0.25) is 0 Å². The van der Waals surface area contributed by atoms with Crippen LogP contribution in [0.4, 0.5) is 0 Å². The van der Waals surface area contributed by atoms with Crippen LogP contribution in [0.5, 0.6) is 0 Å². The first-order valence-corrected chi connectivity index (χ1v) is 10.1. The van der Waals surface area contributed by atoms with E-state index in [0.717, 1.165) is 44.4 Å². The van der Waals surface area contributed by atoms with Crippen molar-refractivity contribution in [2.45, 2.75) is 78.2 Å². The molecule has 1 fully saturated rings. The number of primary sulfonamides is 1. The summed E-state index contributed by atoms with van der Waals surface area (Å²) in [7, 11) is -3.47. The molecule has 126 valence electrons. The van der Waals surface area contributed by atoms with Gasteiger partial charge in [0.1, 0.15) is 0 Å². The van der Waals surface area contributed by atoms with Crippen LogP contribution in [-0.4, -0.2) is 26.9 Å². The lowest BCUT2D eigenvalue weighted by Gasteiger charge is -2.35. The van der Waals surface area contributed by atoms with Gasteiger partial charge in [-0.15, -0.1) is 0 Å². The molecule has 0 aromatic rings. The maximum atomic E-state index is 11.6. The van der Waals surface area contributed by atoms with Crippen LogP contribution in [0.1, 0.15) is 72.1 Å². The molecule has 0 aromatic carbocycles. The molecule has 0 amide bonds. The number of ether oxygens (including phenoxy) is 1. The molecule has 1 aliphatic carbocycles. The summed E-state index contributed by atoms with van der Waals surface area (Å²) in [6.07, 6.45) is 8.58. The first-order valence-electron chi connectivity index (χ1n) is 8.42. The average molecular weight is 320 g/mol. The van der Waals surface area contributed by atoms with E-state index in [1.165, 1.54) is 12.8 Å². The Morgan fingerprint density at radius 2 is 1.62 bits per heavy atom. The summed E-state index contributed by atoms with van der Waals surface area (Å²) < 4.78 is 29.4. The number of sulfonamides is 1. The monoisotopic (exact) mass is 319 g/mol. The predicted molar refractivity (Wildman–Crippen MR) is 87.6 cm³/mol. The van der Waals surface area contributed by atoms with Crippen molar-refractivity contribution in [3.05, 3.63) is 0 Å². The van der Waals surface area contributed by atoms with E-state index in [1.807, 2.05) is 0 Å². The zero-order valence-electron chi connectivity index (χ0n) is 13.9. The Kier molecular flexibility index (Phi) is 7.65. The largest absolute Gasteiger partial charge is 0.378 e. The van der Waals surface area contributed by atoms with Crippen molar-refractivity contribution < 1.29 is 13.2 Å². The van der Waals surface area contributed by atoms with Crippen molar-refractivity contribution in [3.63, 3.8) is 0 Å². The Bertz CT molecular complexity index is 380. The van der Waals surface area contributed by atoms with Crippen LogP contribution in [0.3, 0.4) is 0 Å². The third-order valence-corrected chi connectivity index (χ3v) is 5.67. The molecule has 0 aromatic heterocycles. The molecule has 0 spiro atoms. The highest BCUT2D eigenvalue weighted by atomic mass is 32.2. The Labute approximate surface area is 130 Å². The van der Waals surface area contributed by atoms with Gasteiger partial charge in [0.25, 0.3) is 0 Å². The molecule has 0 radical (unpaired) electrons. The molecule has 0 aliphatic heterocycles. The second-order valence-corrected chi connectivity index (χ2v) is 8.61. The molecule has 1 aliphatic rings. The van der Waals surface area contributed by atoms with Gasteiger partial charge in [0.05, 0.1) is 18.5 Å². The highest BCUT2D eigenvalue weighted by Crippen LogP contribution is 2.34. The molecule has 0 atom stereocenters. The highest BCUT2D eigenvalue weighted by molar-refractivity contribution is 7.89. The normalized spacial score (nSPS) is 24.2. The van der Waals surface area contributed by atoms with E-state index in [2.05, 4.69) is 20.8 Å². The van der Waals surface area contributed by atoms with Crippen LogP contribution >= 0.6 is 0 Å². The summed E-state index contributed by atoms with van der Waals surface area (Å²) in [5.41, 5.74) is -0.305. The van der Waals surface area contributed by atoms with Crippen molar-refractivity contribution in [3.8, 4) is 0 Å².